The van der Waals surface area contributed by atoms with Gasteiger partial charge in [-0.2, -0.15) is 5.10 Å². The van der Waals surface area contributed by atoms with Crippen LogP contribution >= 0.6 is 0 Å². The maximum atomic E-state index is 12.1. The molecule has 0 atom stereocenters. The van der Waals surface area contributed by atoms with Gasteiger partial charge >= 0.3 is 5.69 Å². The Balaban J connectivity index is 1.93. The second kappa shape index (κ2) is 7.48. The SMILES string of the molecule is Cc1ccc(-n2c(O)c(/C=N/NC(=O)c3cccnc3)c(=O)[nH]c2=O)cc1. The minimum absolute atomic E-state index is 0.275. The van der Waals surface area contributed by atoms with Gasteiger partial charge in [-0.25, -0.2) is 14.8 Å². The van der Waals surface area contributed by atoms with Crippen molar-refractivity contribution in [1.29, 1.82) is 0 Å². The quantitative estimate of drug-likeness (QED) is 0.463. The molecule has 3 aromatic rings. The number of aryl methyl sites for hydroxylation is 1. The number of nitrogens with zero attached hydrogens (tertiary/aromatic N) is 3. The number of benzene rings is 1. The molecule has 1 aromatic carbocycles. The number of carbonyl (C=O) groups is 1. The van der Waals surface area contributed by atoms with Crippen LogP contribution in [-0.2, 0) is 0 Å². The number of nitrogens with one attached hydrogen (secondary N) is 2. The zero-order valence-electron chi connectivity index (χ0n) is 14.2. The molecule has 136 valence electrons. The summed E-state index contributed by atoms with van der Waals surface area (Å²) >= 11 is 0. The first-order valence-electron chi connectivity index (χ1n) is 7.86. The van der Waals surface area contributed by atoms with Gasteiger partial charge in [0.05, 0.1) is 17.5 Å². The second-order valence-electron chi connectivity index (χ2n) is 5.61. The highest BCUT2D eigenvalue weighted by Crippen LogP contribution is 2.15. The number of carbonyl (C=O) groups excluding carboxylic acids is 1. The molecule has 1 amide bonds. The normalized spacial score (nSPS) is 10.9. The van der Waals surface area contributed by atoms with Gasteiger partial charge in [-0.3, -0.25) is 19.6 Å². The molecule has 0 fully saturated rings. The molecule has 3 rings (SSSR count). The Morgan fingerprint density at radius 3 is 2.67 bits per heavy atom. The smallest absolute Gasteiger partial charge is 0.335 e. The fourth-order valence-electron chi connectivity index (χ4n) is 2.31. The van der Waals surface area contributed by atoms with Crippen LogP contribution in [0.3, 0.4) is 0 Å². The Kier molecular flexibility index (Phi) is 4.93. The lowest BCUT2D eigenvalue weighted by molar-refractivity contribution is 0.0954. The fourth-order valence-corrected chi connectivity index (χ4v) is 2.31. The molecule has 9 nitrogen and oxygen atoms in total. The van der Waals surface area contributed by atoms with Gasteiger partial charge in [0.2, 0.25) is 5.88 Å². The maximum absolute atomic E-state index is 12.1. The van der Waals surface area contributed by atoms with Crippen LogP contribution in [0.2, 0.25) is 0 Å². The minimum atomic E-state index is -0.833. The number of hydrogen-bond donors (Lipinski definition) is 3. The van der Waals surface area contributed by atoms with E-state index < -0.39 is 23.0 Å². The van der Waals surface area contributed by atoms with Crippen LogP contribution in [0.25, 0.3) is 5.69 Å². The van der Waals surface area contributed by atoms with Gasteiger partial charge in [0.25, 0.3) is 11.5 Å². The van der Waals surface area contributed by atoms with E-state index in [1.165, 1.54) is 12.4 Å². The Morgan fingerprint density at radius 1 is 1.26 bits per heavy atom. The maximum Gasteiger partial charge on any atom is 0.335 e. The van der Waals surface area contributed by atoms with Gasteiger partial charge < -0.3 is 5.11 Å². The van der Waals surface area contributed by atoms with E-state index in [1.807, 2.05) is 6.92 Å². The Hall–Kier alpha value is -4.01. The molecule has 9 heteroatoms. The number of aromatic nitrogens is 3. The lowest BCUT2D eigenvalue weighted by Crippen LogP contribution is -2.31. The summed E-state index contributed by atoms with van der Waals surface area (Å²) in [6.07, 6.45) is 3.84. The number of rotatable bonds is 4. The third-order valence-electron chi connectivity index (χ3n) is 3.70. The van der Waals surface area contributed by atoms with Crippen LogP contribution in [0.5, 0.6) is 5.88 Å². The largest absolute Gasteiger partial charge is 0.493 e. The van der Waals surface area contributed by atoms with Crippen molar-refractivity contribution < 1.29 is 9.90 Å². The van der Waals surface area contributed by atoms with Gasteiger partial charge in [-0.15, -0.1) is 0 Å². The van der Waals surface area contributed by atoms with E-state index in [0.29, 0.717) is 5.69 Å². The van der Waals surface area contributed by atoms with Crippen LogP contribution in [0.1, 0.15) is 21.5 Å². The number of aromatic hydroxyl groups is 1. The first-order valence-corrected chi connectivity index (χ1v) is 7.86. The summed E-state index contributed by atoms with van der Waals surface area (Å²) < 4.78 is 0.936. The first-order chi connectivity index (χ1) is 13.0. The van der Waals surface area contributed by atoms with Crippen LogP contribution in [0.4, 0.5) is 0 Å². The number of H-pyrrole nitrogens is 1. The van der Waals surface area contributed by atoms with Crippen molar-refractivity contribution in [2.45, 2.75) is 6.92 Å². The standard InChI is InChI=1S/C18H15N5O4/c1-11-4-6-13(7-5-11)23-17(26)14(16(25)21-18(23)27)10-20-22-15(24)12-3-2-8-19-9-12/h2-10,26H,1H3,(H,22,24)(H,21,25,27)/b20-10+. The van der Waals surface area contributed by atoms with Gasteiger partial charge in [0.15, 0.2) is 0 Å². The van der Waals surface area contributed by atoms with E-state index in [0.717, 1.165) is 16.3 Å². The molecule has 0 unspecified atom stereocenters. The number of amides is 1. The highest BCUT2D eigenvalue weighted by Gasteiger charge is 2.14. The number of hydrazone groups is 1. The summed E-state index contributed by atoms with van der Waals surface area (Å²) in [6.45, 7) is 1.88. The van der Waals surface area contributed by atoms with E-state index in [1.54, 1.807) is 36.4 Å². The molecule has 3 N–H and O–H groups in total. The van der Waals surface area contributed by atoms with Crippen molar-refractivity contribution in [3.63, 3.8) is 0 Å². The van der Waals surface area contributed by atoms with Gasteiger partial charge in [0.1, 0.15) is 5.56 Å². The van der Waals surface area contributed by atoms with Crippen LogP contribution in [0, 0.1) is 6.92 Å². The zero-order chi connectivity index (χ0) is 19.4. The van der Waals surface area contributed by atoms with Crippen molar-refractivity contribution in [3.05, 3.63) is 86.3 Å². The average Bonchev–Trinajstić information content (AvgIpc) is 2.66. The fraction of sp³-hybridized carbons (Fsp3) is 0.0556. The molecule has 2 aromatic heterocycles. The summed E-state index contributed by atoms with van der Waals surface area (Å²) in [5.41, 5.74) is 1.93. The molecular formula is C18H15N5O4. The van der Waals surface area contributed by atoms with E-state index in [2.05, 4.69) is 20.5 Å². The molecule has 0 saturated heterocycles. The number of aromatic amines is 1. The third kappa shape index (κ3) is 3.82. The molecule has 0 aliphatic carbocycles. The first kappa shape index (κ1) is 17.8. The van der Waals surface area contributed by atoms with Crippen molar-refractivity contribution in [3.8, 4) is 11.6 Å². The van der Waals surface area contributed by atoms with Gasteiger partial charge in [0, 0.05) is 12.4 Å². The lowest BCUT2D eigenvalue weighted by Gasteiger charge is -2.09. The summed E-state index contributed by atoms with van der Waals surface area (Å²) in [6, 6.07) is 9.90. The molecule has 0 aliphatic rings. The monoisotopic (exact) mass is 365 g/mol. The van der Waals surface area contributed by atoms with E-state index in [9.17, 15) is 19.5 Å². The zero-order valence-corrected chi connectivity index (χ0v) is 14.2. The molecule has 0 spiro atoms. The van der Waals surface area contributed by atoms with E-state index in [-0.39, 0.29) is 11.1 Å². The summed E-state index contributed by atoms with van der Waals surface area (Å²) in [5, 5.41) is 14.1. The van der Waals surface area contributed by atoms with Crippen molar-refractivity contribution in [2.75, 3.05) is 0 Å². The van der Waals surface area contributed by atoms with Crippen molar-refractivity contribution >= 4 is 12.1 Å². The summed E-state index contributed by atoms with van der Waals surface area (Å²) in [4.78, 5) is 41.9. The van der Waals surface area contributed by atoms with E-state index in [4.69, 9.17) is 0 Å². The lowest BCUT2D eigenvalue weighted by atomic mass is 10.2. The Bertz CT molecular complexity index is 1120. The highest BCUT2D eigenvalue weighted by atomic mass is 16.3. The molecular weight excluding hydrogens is 350 g/mol. The molecule has 0 bridgehead atoms. The predicted molar refractivity (Wildman–Crippen MR) is 98.4 cm³/mol. The Morgan fingerprint density at radius 2 is 2.00 bits per heavy atom. The molecule has 0 saturated carbocycles. The summed E-state index contributed by atoms with van der Waals surface area (Å²) in [5.74, 6) is -1.13. The van der Waals surface area contributed by atoms with Gasteiger partial charge in [-0.1, -0.05) is 17.7 Å². The Labute approximate surface area is 152 Å². The number of pyridine rings is 1. The van der Waals surface area contributed by atoms with Crippen LogP contribution in [0.15, 0.2) is 63.5 Å². The van der Waals surface area contributed by atoms with Crippen LogP contribution in [-0.4, -0.2) is 31.8 Å². The predicted octanol–water partition coefficient (Wildman–Crippen LogP) is 0.699. The van der Waals surface area contributed by atoms with Gasteiger partial charge in [-0.05, 0) is 31.2 Å². The van der Waals surface area contributed by atoms with Crippen molar-refractivity contribution in [1.82, 2.24) is 20.0 Å². The third-order valence-corrected chi connectivity index (χ3v) is 3.70. The van der Waals surface area contributed by atoms with Crippen molar-refractivity contribution in [2.24, 2.45) is 5.10 Å². The van der Waals surface area contributed by atoms with E-state index >= 15 is 0 Å². The molecule has 0 radical (unpaired) electrons. The number of hydrogen-bond acceptors (Lipinski definition) is 6. The highest BCUT2D eigenvalue weighted by molar-refractivity contribution is 5.94. The molecule has 27 heavy (non-hydrogen) atoms. The topological polar surface area (TPSA) is 129 Å². The minimum Gasteiger partial charge on any atom is -0.493 e. The second-order valence-corrected chi connectivity index (χ2v) is 5.61. The summed E-state index contributed by atoms with van der Waals surface area (Å²) in [7, 11) is 0. The average molecular weight is 365 g/mol. The molecule has 0 aliphatic heterocycles. The molecule has 2 heterocycles. The van der Waals surface area contributed by atoms with Crippen LogP contribution < -0.4 is 16.7 Å².